The molecule has 0 aliphatic heterocycles. The highest BCUT2D eigenvalue weighted by atomic mass is 16.7. The topological polar surface area (TPSA) is 18.5 Å². The van der Waals surface area contributed by atoms with Crippen LogP contribution >= 0.6 is 0 Å². The third-order valence-electron chi connectivity index (χ3n) is 5.23. The molecule has 2 fully saturated rings. The Hall–Kier alpha value is -0.600. The first-order valence-electron chi connectivity index (χ1n) is 5.80. The van der Waals surface area contributed by atoms with E-state index >= 15 is 0 Å². The lowest BCUT2D eigenvalue weighted by molar-refractivity contribution is -0.240. The van der Waals surface area contributed by atoms with E-state index in [0.29, 0.717) is 35.5 Å². The van der Waals surface area contributed by atoms with Crippen molar-refractivity contribution < 1.29 is 9.47 Å². The van der Waals surface area contributed by atoms with E-state index in [1.165, 1.54) is 0 Å². The number of allylic oxidation sites excluding steroid dienone is 4. The van der Waals surface area contributed by atoms with Crippen molar-refractivity contribution in [2.24, 2.45) is 35.5 Å². The number of hydrogen-bond acceptors (Lipinski definition) is 2. The van der Waals surface area contributed by atoms with Crippen LogP contribution in [-0.4, -0.2) is 20.0 Å². The summed E-state index contributed by atoms with van der Waals surface area (Å²) in [6.45, 7) is 0. The van der Waals surface area contributed by atoms with Crippen LogP contribution in [0.15, 0.2) is 24.3 Å². The van der Waals surface area contributed by atoms with Gasteiger partial charge in [0, 0.05) is 26.1 Å². The van der Waals surface area contributed by atoms with Crippen molar-refractivity contribution in [3.8, 4) is 0 Å². The van der Waals surface area contributed by atoms with Gasteiger partial charge in [-0.2, -0.15) is 0 Å². The van der Waals surface area contributed by atoms with Gasteiger partial charge in [-0.05, 0) is 23.7 Å². The number of rotatable bonds is 2. The Morgan fingerprint density at radius 1 is 0.733 bits per heavy atom. The molecule has 0 N–H and O–H groups in total. The summed E-state index contributed by atoms with van der Waals surface area (Å²) in [5, 5.41) is 0. The molecule has 0 aromatic carbocycles. The van der Waals surface area contributed by atoms with Gasteiger partial charge >= 0.3 is 0 Å². The summed E-state index contributed by atoms with van der Waals surface area (Å²) in [6.07, 6.45) is 9.60. The molecule has 15 heavy (non-hydrogen) atoms. The summed E-state index contributed by atoms with van der Waals surface area (Å²) in [6, 6.07) is 0. The molecule has 0 saturated heterocycles. The lowest BCUT2D eigenvalue weighted by Gasteiger charge is -2.32. The molecule has 0 radical (unpaired) electrons. The SMILES string of the molecule is COC1(OC)C2C3C=CC2C2C=CC3C21. The summed E-state index contributed by atoms with van der Waals surface area (Å²) < 4.78 is 11.6. The van der Waals surface area contributed by atoms with Gasteiger partial charge in [-0.3, -0.25) is 0 Å². The third kappa shape index (κ3) is 0.659. The van der Waals surface area contributed by atoms with Crippen molar-refractivity contribution in [1.82, 2.24) is 0 Å². The van der Waals surface area contributed by atoms with Gasteiger partial charge in [-0.15, -0.1) is 0 Å². The van der Waals surface area contributed by atoms with E-state index in [2.05, 4.69) is 24.3 Å². The van der Waals surface area contributed by atoms with Crippen LogP contribution in [0.4, 0.5) is 0 Å². The maximum absolute atomic E-state index is 5.79. The second-order valence-electron chi connectivity index (χ2n) is 5.26. The Morgan fingerprint density at radius 3 is 1.33 bits per heavy atom. The monoisotopic (exact) mass is 204 g/mol. The maximum Gasteiger partial charge on any atom is 0.175 e. The van der Waals surface area contributed by atoms with Crippen molar-refractivity contribution in [3.63, 3.8) is 0 Å². The van der Waals surface area contributed by atoms with Gasteiger partial charge in [-0.25, -0.2) is 0 Å². The average molecular weight is 204 g/mol. The molecule has 4 aliphatic rings. The van der Waals surface area contributed by atoms with Crippen molar-refractivity contribution >= 4 is 0 Å². The second-order valence-corrected chi connectivity index (χ2v) is 5.26. The van der Waals surface area contributed by atoms with Crippen LogP contribution in [0.2, 0.25) is 0 Å². The van der Waals surface area contributed by atoms with E-state index < -0.39 is 0 Å². The Bertz CT molecular complexity index is 311. The maximum atomic E-state index is 5.79. The first kappa shape index (κ1) is 8.54. The smallest absolute Gasteiger partial charge is 0.175 e. The molecule has 80 valence electrons. The molecule has 2 bridgehead atoms. The Morgan fingerprint density at radius 2 is 1.07 bits per heavy atom. The van der Waals surface area contributed by atoms with E-state index in [0.717, 1.165) is 0 Å². The van der Waals surface area contributed by atoms with Gasteiger partial charge in [0.25, 0.3) is 0 Å². The highest BCUT2D eigenvalue weighted by Crippen LogP contribution is 2.71. The molecule has 2 saturated carbocycles. The lowest BCUT2D eigenvalue weighted by atomic mass is 9.78. The molecular weight excluding hydrogens is 188 g/mol. The fourth-order valence-corrected chi connectivity index (χ4v) is 4.90. The minimum absolute atomic E-state index is 0.308. The molecule has 4 rings (SSSR count). The fourth-order valence-electron chi connectivity index (χ4n) is 4.90. The van der Waals surface area contributed by atoms with Crippen molar-refractivity contribution in [1.29, 1.82) is 0 Å². The number of methoxy groups -OCH3 is 2. The van der Waals surface area contributed by atoms with Gasteiger partial charge in [-0.1, -0.05) is 24.3 Å². The zero-order chi connectivity index (χ0) is 10.2. The third-order valence-corrected chi connectivity index (χ3v) is 5.23. The van der Waals surface area contributed by atoms with Gasteiger partial charge in [0.2, 0.25) is 0 Å². The molecule has 0 spiro atoms. The van der Waals surface area contributed by atoms with Crippen LogP contribution in [0.3, 0.4) is 0 Å². The molecule has 4 aliphatic carbocycles. The summed E-state index contributed by atoms with van der Waals surface area (Å²) in [5.74, 6) is 3.46. The molecule has 0 aromatic heterocycles. The Balaban J connectivity index is 1.91. The van der Waals surface area contributed by atoms with Crippen LogP contribution in [0.5, 0.6) is 0 Å². The highest BCUT2D eigenvalue weighted by molar-refractivity contribution is 5.35. The Labute approximate surface area is 89.9 Å². The summed E-state index contributed by atoms with van der Waals surface area (Å²) in [7, 11) is 3.61. The molecular formula is C13H16O2. The fraction of sp³-hybridized carbons (Fsp3) is 0.692. The predicted molar refractivity (Wildman–Crippen MR) is 56.0 cm³/mol. The van der Waals surface area contributed by atoms with Gasteiger partial charge in [0.1, 0.15) is 0 Å². The van der Waals surface area contributed by atoms with Crippen molar-refractivity contribution in [3.05, 3.63) is 24.3 Å². The van der Waals surface area contributed by atoms with Gasteiger partial charge in [0.15, 0.2) is 5.79 Å². The lowest BCUT2D eigenvalue weighted by Crippen LogP contribution is -2.40. The Kier molecular flexibility index (Phi) is 1.36. The second kappa shape index (κ2) is 2.38. The summed E-state index contributed by atoms with van der Waals surface area (Å²) in [4.78, 5) is 0. The van der Waals surface area contributed by atoms with Crippen LogP contribution in [0.1, 0.15) is 0 Å². The van der Waals surface area contributed by atoms with Crippen molar-refractivity contribution in [2.45, 2.75) is 5.79 Å². The number of ether oxygens (including phenoxy) is 2. The van der Waals surface area contributed by atoms with E-state index in [1.807, 2.05) is 0 Å². The molecule has 4 atom stereocenters. The number of fused-ring (bicyclic) bond motifs is 2. The van der Waals surface area contributed by atoms with Crippen LogP contribution < -0.4 is 0 Å². The summed E-state index contributed by atoms with van der Waals surface area (Å²) in [5.41, 5.74) is 0. The molecule has 0 aromatic rings. The molecule has 4 unspecified atom stereocenters. The minimum Gasteiger partial charge on any atom is -0.353 e. The van der Waals surface area contributed by atoms with E-state index in [1.54, 1.807) is 14.2 Å². The van der Waals surface area contributed by atoms with Crippen LogP contribution in [0.25, 0.3) is 0 Å². The zero-order valence-electron chi connectivity index (χ0n) is 9.09. The number of hydrogen-bond donors (Lipinski definition) is 0. The van der Waals surface area contributed by atoms with Gasteiger partial charge < -0.3 is 9.47 Å². The molecule has 0 heterocycles. The quantitative estimate of drug-likeness (QED) is 0.505. The summed E-state index contributed by atoms with van der Waals surface area (Å²) >= 11 is 0. The van der Waals surface area contributed by atoms with E-state index in [4.69, 9.17) is 9.47 Å². The van der Waals surface area contributed by atoms with Gasteiger partial charge in [0.05, 0.1) is 0 Å². The predicted octanol–water partition coefficient (Wildman–Crippen LogP) is 1.84. The molecule has 0 amide bonds. The normalized spacial score (nSPS) is 55.9. The zero-order valence-corrected chi connectivity index (χ0v) is 9.09. The molecule has 2 heteroatoms. The standard InChI is InChI=1S/C13H16O2/c1-14-13(15-2)11-7-3-4-8(11)10-6-5-9(7)12(10)13/h3-12H,1-2H3. The first-order valence-corrected chi connectivity index (χ1v) is 5.80. The van der Waals surface area contributed by atoms with Crippen molar-refractivity contribution in [2.75, 3.05) is 14.2 Å². The average Bonchev–Trinajstić information content (AvgIpc) is 2.84. The first-order chi connectivity index (χ1) is 7.33. The van der Waals surface area contributed by atoms with E-state index in [-0.39, 0.29) is 5.79 Å². The van der Waals surface area contributed by atoms with Crippen LogP contribution in [-0.2, 0) is 9.47 Å². The van der Waals surface area contributed by atoms with E-state index in [9.17, 15) is 0 Å². The minimum atomic E-state index is -0.308. The highest BCUT2D eigenvalue weighted by Gasteiger charge is 2.73. The van der Waals surface area contributed by atoms with Crippen LogP contribution in [0, 0.1) is 35.5 Å². The largest absolute Gasteiger partial charge is 0.353 e. The molecule has 2 nitrogen and oxygen atoms in total.